The molecule has 0 radical (unpaired) electrons. The standard InChI is InChI=1S/C31H29N4O7P/c1-3-26-25(32-31(42-26)21-10-6-4-7-11-21)20-41-27-15-14-22(18-28(27)40-2)30(36)33-29-23(16-17-43(37,38)39)19-35(34-29)24-12-8-5-9-13-24/h4-19H,3,20H2,1-2H3,(H,33,34,36)(H2,37,38,39). The average molecular weight is 601 g/mol. The van der Waals surface area contributed by atoms with Gasteiger partial charge in [0, 0.05) is 35.1 Å². The molecule has 0 spiro atoms. The summed E-state index contributed by atoms with van der Waals surface area (Å²) >= 11 is 0. The Hall–Kier alpha value is -4.96. The molecule has 5 rings (SSSR count). The van der Waals surface area contributed by atoms with E-state index >= 15 is 0 Å². The zero-order valence-electron chi connectivity index (χ0n) is 23.4. The Morgan fingerprint density at radius 2 is 1.77 bits per heavy atom. The summed E-state index contributed by atoms with van der Waals surface area (Å²) in [4.78, 5) is 36.5. The zero-order valence-corrected chi connectivity index (χ0v) is 24.3. The minimum absolute atomic E-state index is 0.116. The number of nitrogens with one attached hydrogen (secondary N) is 1. The number of aryl methyl sites for hydroxylation is 1. The van der Waals surface area contributed by atoms with Crippen molar-refractivity contribution in [3.63, 3.8) is 0 Å². The van der Waals surface area contributed by atoms with Crippen LogP contribution in [0.15, 0.2) is 95.3 Å². The molecule has 11 nitrogen and oxygen atoms in total. The molecule has 3 N–H and O–H groups in total. The van der Waals surface area contributed by atoms with Crippen LogP contribution in [0.3, 0.4) is 0 Å². The minimum Gasteiger partial charge on any atom is -0.493 e. The van der Waals surface area contributed by atoms with E-state index in [0.717, 1.165) is 11.4 Å². The van der Waals surface area contributed by atoms with Crippen molar-refractivity contribution in [2.24, 2.45) is 0 Å². The van der Waals surface area contributed by atoms with Gasteiger partial charge in [0.15, 0.2) is 17.3 Å². The van der Waals surface area contributed by atoms with Crippen molar-refractivity contribution in [3.05, 3.63) is 113 Å². The molecule has 0 unspecified atom stereocenters. The van der Waals surface area contributed by atoms with Crippen LogP contribution in [0.2, 0.25) is 0 Å². The highest BCUT2D eigenvalue weighted by atomic mass is 31.2. The number of carbonyl (C=O) groups is 1. The van der Waals surface area contributed by atoms with Crippen LogP contribution in [0.25, 0.3) is 23.2 Å². The molecule has 0 fully saturated rings. The average Bonchev–Trinajstić information content (AvgIpc) is 3.63. The van der Waals surface area contributed by atoms with Crippen molar-refractivity contribution < 1.29 is 33.0 Å². The Morgan fingerprint density at radius 3 is 2.44 bits per heavy atom. The van der Waals surface area contributed by atoms with Gasteiger partial charge in [-0.25, -0.2) is 9.67 Å². The number of amides is 1. The molecule has 3 aromatic carbocycles. The van der Waals surface area contributed by atoms with Crippen LogP contribution in [0.1, 0.15) is 34.3 Å². The van der Waals surface area contributed by atoms with Crippen molar-refractivity contribution in [2.75, 3.05) is 12.4 Å². The van der Waals surface area contributed by atoms with Gasteiger partial charge in [0.25, 0.3) is 5.91 Å². The van der Waals surface area contributed by atoms with Gasteiger partial charge >= 0.3 is 7.60 Å². The van der Waals surface area contributed by atoms with Crippen LogP contribution in [0, 0.1) is 0 Å². The van der Waals surface area contributed by atoms with Crippen LogP contribution in [0.5, 0.6) is 11.5 Å². The molecule has 0 saturated carbocycles. The molecule has 0 aliphatic rings. The van der Waals surface area contributed by atoms with Crippen LogP contribution >= 0.6 is 7.60 Å². The zero-order chi connectivity index (χ0) is 30.4. The summed E-state index contributed by atoms with van der Waals surface area (Å²) in [5.41, 5.74) is 2.79. The van der Waals surface area contributed by atoms with Gasteiger partial charge in [-0.05, 0) is 48.5 Å². The molecule has 2 heterocycles. The summed E-state index contributed by atoms with van der Waals surface area (Å²) in [5, 5.41) is 7.14. The van der Waals surface area contributed by atoms with E-state index in [-0.39, 0.29) is 18.0 Å². The van der Waals surface area contributed by atoms with Gasteiger partial charge < -0.3 is 29.0 Å². The maximum atomic E-state index is 13.2. The molecule has 0 bridgehead atoms. The Kier molecular flexibility index (Phi) is 8.87. The van der Waals surface area contributed by atoms with Gasteiger partial charge in [0.05, 0.1) is 12.8 Å². The number of rotatable bonds is 11. The lowest BCUT2D eigenvalue weighted by Gasteiger charge is -2.12. The Morgan fingerprint density at radius 1 is 1.05 bits per heavy atom. The molecule has 5 aromatic rings. The SMILES string of the molecule is CCc1oc(-c2ccccc2)nc1COc1ccc(C(=O)Nc2nn(-c3ccccc3)cc2C=CP(=O)(O)O)cc1OC. The van der Waals surface area contributed by atoms with E-state index in [1.807, 2.05) is 67.6 Å². The van der Waals surface area contributed by atoms with Gasteiger partial charge in [0.1, 0.15) is 18.1 Å². The molecular weight excluding hydrogens is 571 g/mol. The fraction of sp³-hybridized carbons (Fsp3) is 0.129. The summed E-state index contributed by atoms with van der Waals surface area (Å²) in [6.07, 6.45) is 3.42. The Labute approximate surface area is 247 Å². The van der Waals surface area contributed by atoms with Gasteiger partial charge in [-0.15, -0.1) is 5.10 Å². The molecule has 12 heteroatoms. The normalized spacial score (nSPS) is 11.5. The summed E-state index contributed by atoms with van der Waals surface area (Å²) in [6.45, 7) is 2.11. The predicted molar refractivity (Wildman–Crippen MR) is 161 cm³/mol. The lowest BCUT2D eigenvalue weighted by atomic mass is 10.2. The first-order valence-corrected chi connectivity index (χ1v) is 15.0. The number of ether oxygens (including phenoxy) is 2. The third-order valence-corrected chi connectivity index (χ3v) is 6.89. The summed E-state index contributed by atoms with van der Waals surface area (Å²) < 4.78 is 30.4. The number of anilines is 1. The van der Waals surface area contributed by atoms with Gasteiger partial charge in [0.2, 0.25) is 5.89 Å². The van der Waals surface area contributed by atoms with Crippen LogP contribution < -0.4 is 14.8 Å². The van der Waals surface area contributed by atoms with Gasteiger partial charge in [-0.1, -0.05) is 43.3 Å². The predicted octanol–water partition coefficient (Wildman–Crippen LogP) is 6.08. The number of hydrogen-bond donors (Lipinski definition) is 3. The van der Waals surface area contributed by atoms with E-state index in [9.17, 15) is 19.1 Å². The minimum atomic E-state index is -4.44. The number of nitrogens with zero attached hydrogens (tertiary/aromatic N) is 3. The number of aromatic nitrogens is 3. The van der Waals surface area contributed by atoms with Crippen molar-refractivity contribution in [2.45, 2.75) is 20.0 Å². The highest BCUT2D eigenvalue weighted by Crippen LogP contribution is 2.37. The maximum Gasteiger partial charge on any atom is 0.349 e. The first kappa shape index (κ1) is 29.5. The van der Waals surface area contributed by atoms with E-state index in [1.165, 1.54) is 23.9 Å². The first-order valence-electron chi connectivity index (χ1n) is 13.3. The van der Waals surface area contributed by atoms with E-state index in [2.05, 4.69) is 15.4 Å². The Balaban J connectivity index is 1.35. The fourth-order valence-electron chi connectivity index (χ4n) is 4.23. The first-order chi connectivity index (χ1) is 20.7. The van der Waals surface area contributed by atoms with E-state index in [0.29, 0.717) is 46.5 Å². The number of para-hydroxylation sites is 1. The highest BCUT2D eigenvalue weighted by Gasteiger charge is 2.18. The van der Waals surface area contributed by atoms with Crippen LogP contribution in [0.4, 0.5) is 5.82 Å². The topological polar surface area (TPSA) is 149 Å². The van der Waals surface area contributed by atoms with Gasteiger partial charge in [-0.2, -0.15) is 0 Å². The molecule has 0 aliphatic carbocycles. The van der Waals surface area contributed by atoms with Gasteiger partial charge in [-0.3, -0.25) is 9.36 Å². The number of carbonyl (C=O) groups excluding carboxylic acids is 1. The number of hydrogen-bond acceptors (Lipinski definition) is 7. The molecule has 0 atom stereocenters. The quantitative estimate of drug-likeness (QED) is 0.153. The summed E-state index contributed by atoms with van der Waals surface area (Å²) in [7, 11) is -2.97. The number of oxazole rings is 1. The second-order valence-electron chi connectivity index (χ2n) is 9.33. The lowest BCUT2D eigenvalue weighted by molar-refractivity contribution is 0.102. The molecule has 0 aliphatic heterocycles. The fourth-order valence-corrected chi connectivity index (χ4v) is 4.58. The molecule has 2 aromatic heterocycles. The second kappa shape index (κ2) is 12.9. The highest BCUT2D eigenvalue weighted by molar-refractivity contribution is 7.55. The number of benzene rings is 3. The smallest absolute Gasteiger partial charge is 0.349 e. The summed E-state index contributed by atoms with van der Waals surface area (Å²) in [5.74, 6) is 2.33. The van der Waals surface area contributed by atoms with Crippen molar-refractivity contribution in [1.29, 1.82) is 0 Å². The van der Waals surface area contributed by atoms with E-state index in [1.54, 1.807) is 18.3 Å². The maximum absolute atomic E-state index is 13.2. The van der Waals surface area contributed by atoms with E-state index in [4.69, 9.17) is 13.9 Å². The number of methoxy groups -OCH3 is 1. The molecule has 1 amide bonds. The van der Waals surface area contributed by atoms with Crippen LogP contribution in [-0.2, 0) is 17.6 Å². The molecular formula is C31H29N4O7P. The summed E-state index contributed by atoms with van der Waals surface area (Å²) in [6, 6.07) is 23.4. The Bertz CT molecular complexity index is 1790. The van der Waals surface area contributed by atoms with Crippen molar-refractivity contribution in [1.82, 2.24) is 14.8 Å². The van der Waals surface area contributed by atoms with Crippen LogP contribution in [-0.4, -0.2) is 37.6 Å². The molecule has 0 saturated heterocycles. The second-order valence-corrected chi connectivity index (χ2v) is 10.8. The van der Waals surface area contributed by atoms with Crippen molar-refractivity contribution >= 4 is 25.4 Å². The lowest BCUT2D eigenvalue weighted by Crippen LogP contribution is -2.13. The van der Waals surface area contributed by atoms with E-state index < -0.39 is 13.5 Å². The van der Waals surface area contributed by atoms with Crippen molar-refractivity contribution in [3.8, 4) is 28.6 Å². The molecule has 220 valence electrons. The molecule has 43 heavy (non-hydrogen) atoms. The monoisotopic (exact) mass is 600 g/mol. The third-order valence-electron chi connectivity index (χ3n) is 6.35. The largest absolute Gasteiger partial charge is 0.493 e. The third kappa shape index (κ3) is 7.28.